The molecule has 108 valence electrons. The molecule has 0 saturated heterocycles. The smallest absolute Gasteiger partial charge is 0.315 e. The lowest BCUT2D eigenvalue weighted by molar-refractivity contribution is 0.152. The van der Waals surface area contributed by atoms with Gasteiger partial charge >= 0.3 is 6.03 Å². The molecule has 3 fully saturated rings. The van der Waals surface area contributed by atoms with Crippen molar-refractivity contribution >= 4 is 6.03 Å². The molecule has 2 atom stereocenters. The van der Waals surface area contributed by atoms with E-state index in [1.165, 1.54) is 32.1 Å². The summed E-state index contributed by atoms with van der Waals surface area (Å²) in [6.45, 7) is 0.194. The number of carbonyl (C=O) groups is 1. The molecule has 2 amide bonds. The third-order valence-electron chi connectivity index (χ3n) is 5.02. The van der Waals surface area contributed by atoms with Gasteiger partial charge in [0.15, 0.2) is 0 Å². The standard InChI is InChI=1S/C15H26N2O2/c18-9-12-3-1-2-4-13(12)16-15(19)17-14(10-5-6-10)11-7-8-11/h10-14,18H,1-9H2,(H2,16,17,19). The highest BCUT2D eigenvalue weighted by atomic mass is 16.3. The Labute approximate surface area is 115 Å². The maximum absolute atomic E-state index is 12.1. The van der Waals surface area contributed by atoms with Crippen LogP contribution in [0.2, 0.25) is 0 Å². The van der Waals surface area contributed by atoms with Gasteiger partial charge in [-0.3, -0.25) is 0 Å². The largest absolute Gasteiger partial charge is 0.396 e. The van der Waals surface area contributed by atoms with E-state index < -0.39 is 0 Å². The minimum absolute atomic E-state index is 0.00542. The van der Waals surface area contributed by atoms with Crippen LogP contribution in [0.15, 0.2) is 0 Å². The summed E-state index contributed by atoms with van der Waals surface area (Å²) in [7, 11) is 0. The quantitative estimate of drug-likeness (QED) is 0.713. The molecule has 3 N–H and O–H groups in total. The number of amides is 2. The van der Waals surface area contributed by atoms with Gasteiger partial charge in [-0.1, -0.05) is 12.8 Å². The average molecular weight is 266 g/mol. The first-order chi connectivity index (χ1) is 9.28. The van der Waals surface area contributed by atoms with Crippen LogP contribution in [0.1, 0.15) is 51.4 Å². The van der Waals surface area contributed by atoms with E-state index in [1.54, 1.807) is 0 Å². The molecule has 0 aromatic carbocycles. The molecular formula is C15H26N2O2. The molecule has 0 heterocycles. The highest BCUT2D eigenvalue weighted by Crippen LogP contribution is 2.44. The number of hydrogen-bond acceptors (Lipinski definition) is 2. The molecule has 0 aromatic heterocycles. The van der Waals surface area contributed by atoms with E-state index in [4.69, 9.17) is 0 Å². The Bertz CT molecular complexity index is 314. The van der Waals surface area contributed by atoms with Gasteiger partial charge in [0.25, 0.3) is 0 Å². The molecule has 19 heavy (non-hydrogen) atoms. The summed E-state index contributed by atoms with van der Waals surface area (Å²) in [5.74, 6) is 1.72. The van der Waals surface area contributed by atoms with E-state index in [1.807, 2.05) is 0 Å². The Hall–Kier alpha value is -0.770. The Morgan fingerprint density at radius 3 is 2.26 bits per heavy atom. The molecule has 4 heteroatoms. The van der Waals surface area contributed by atoms with E-state index in [0.717, 1.165) is 31.1 Å². The minimum Gasteiger partial charge on any atom is -0.396 e. The van der Waals surface area contributed by atoms with Gasteiger partial charge in [-0.05, 0) is 50.4 Å². The topological polar surface area (TPSA) is 61.4 Å². The molecule has 3 saturated carbocycles. The van der Waals surface area contributed by atoms with Gasteiger partial charge in [0.1, 0.15) is 0 Å². The van der Waals surface area contributed by atoms with Gasteiger partial charge in [0.2, 0.25) is 0 Å². The monoisotopic (exact) mass is 266 g/mol. The lowest BCUT2D eigenvalue weighted by atomic mass is 9.85. The first-order valence-electron chi connectivity index (χ1n) is 7.96. The lowest BCUT2D eigenvalue weighted by Gasteiger charge is -2.31. The van der Waals surface area contributed by atoms with Crippen LogP contribution >= 0.6 is 0 Å². The molecule has 3 rings (SSSR count). The van der Waals surface area contributed by atoms with Crippen LogP contribution in [0.4, 0.5) is 4.79 Å². The number of nitrogens with one attached hydrogen (secondary N) is 2. The number of rotatable bonds is 5. The van der Waals surface area contributed by atoms with Crippen LogP contribution in [0, 0.1) is 17.8 Å². The van der Waals surface area contributed by atoms with Gasteiger partial charge in [-0.2, -0.15) is 0 Å². The maximum Gasteiger partial charge on any atom is 0.315 e. The molecule has 0 radical (unpaired) electrons. The number of aliphatic hydroxyl groups is 1. The van der Waals surface area contributed by atoms with Crippen molar-refractivity contribution in [1.29, 1.82) is 0 Å². The van der Waals surface area contributed by atoms with Gasteiger partial charge in [0, 0.05) is 24.6 Å². The summed E-state index contributed by atoms with van der Waals surface area (Å²) in [6, 6.07) is 0.572. The molecule has 2 unspecified atom stereocenters. The van der Waals surface area contributed by atoms with Gasteiger partial charge < -0.3 is 15.7 Å². The summed E-state index contributed by atoms with van der Waals surface area (Å²) in [4.78, 5) is 12.1. The fourth-order valence-electron chi connectivity index (χ4n) is 3.51. The van der Waals surface area contributed by atoms with E-state index in [2.05, 4.69) is 10.6 Å². The van der Waals surface area contributed by atoms with Gasteiger partial charge in [-0.15, -0.1) is 0 Å². The average Bonchev–Trinajstić information content (AvgIpc) is 3.30. The Kier molecular flexibility index (Phi) is 3.96. The normalized spacial score (nSPS) is 31.3. The first kappa shape index (κ1) is 13.2. The second-order valence-corrected chi connectivity index (χ2v) is 6.65. The van der Waals surface area contributed by atoms with Crippen LogP contribution in [0.3, 0.4) is 0 Å². The van der Waals surface area contributed by atoms with Crippen molar-refractivity contribution in [2.75, 3.05) is 6.61 Å². The van der Waals surface area contributed by atoms with Gasteiger partial charge in [-0.25, -0.2) is 4.79 Å². The summed E-state index contributed by atoms with van der Waals surface area (Å²) < 4.78 is 0. The number of urea groups is 1. The SMILES string of the molecule is O=C(NC1CCCCC1CO)NC(C1CC1)C1CC1. The Morgan fingerprint density at radius 2 is 1.68 bits per heavy atom. The van der Waals surface area contributed by atoms with Crippen LogP contribution in [-0.4, -0.2) is 29.8 Å². The third-order valence-corrected chi connectivity index (χ3v) is 5.02. The van der Waals surface area contributed by atoms with Crippen molar-refractivity contribution in [3.05, 3.63) is 0 Å². The van der Waals surface area contributed by atoms with E-state index >= 15 is 0 Å². The predicted molar refractivity (Wildman–Crippen MR) is 73.7 cm³/mol. The van der Waals surface area contributed by atoms with Crippen molar-refractivity contribution in [3.8, 4) is 0 Å². The van der Waals surface area contributed by atoms with Crippen molar-refractivity contribution in [1.82, 2.24) is 10.6 Å². The number of aliphatic hydroxyl groups excluding tert-OH is 1. The fourth-order valence-corrected chi connectivity index (χ4v) is 3.51. The Balaban J connectivity index is 1.49. The predicted octanol–water partition coefficient (Wildman–Crippen LogP) is 2.03. The molecule has 0 spiro atoms. The van der Waals surface area contributed by atoms with E-state index in [9.17, 15) is 9.90 Å². The second kappa shape index (κ2) is 5.70. The zero-order chi connectivity index (χ0) is 13.2. The molecule has 3 aliphatic carbocycles. The summed E-state index contributed by atoms with van der Waals surface area (Å²) in [6.07, 6.45) is 9.52. The molecule has 0 aliphatic heterocycles. The first-order valence-corrected chi connectivity index (χ1v) is 7.96. The van der Waals surface area contributed by atoms with Crippen LogP contribution < -0.4 is 10.6 Å². The number of carbonyl (C=O) groups excluding carboxylic acids is 1. The molecule has 0 bridgehead atoms. The molecular weight excluding hydrogens is 240 g/mol. The fraction of sp³-hybridized carbons (Fsp3) is 0.933. The van der Waals surface area contributed by atoms with E-state index in [0.29, 0.717) is 6.04 Å². The second-order valence-electron chi connectivity index (χ2n) is 6.65. The third kappa shape index (κ3) is 3.41. The number of hydrogen-bond donors (Lipinski definition) is 3. The maximum atomic E-state index is 12.1. The van der Waals surface area contributed by atoms with Crippen LogP contribution in [0.25, 0.3) is 0 Å². The zero-order valence-corrected chi connectivity index (χ0v) is 11.6. The summed E-state index contributed by atoms with van der Waals surface area (Å²) in [5, 5.41) is 15.7. The van der Waals surface area contributed by atoms with Crippen molar-refractivity contribution < 1.29 is 9.90 Å². The van der Waals surface area contributed by atoms with Crippen LogP contribution in [-0.2, 0) is 0 Å². The Morgan fingerprint density at radius 1 is 1.05 bits per heavy atom. The van der Waals surface area contributed by atoms with E-state index in [-0.39, 0.29) is 24.6 Å². The highest BCUT2D eigenvalue weighted by Gasteiger charge is 2.42. The summed E-state index contributed by atoms with van der Waals surface area (Å²) >= 11 is 0. The lowest BCUT2D eigenvalue weighted by Crippen LogP contribution is -2.51. The molecule has 0 aromatic rings. The van der Waals surface area contributed by atoms with Crippen molar-refractivity contribution in [2.45, 2.75) is 63.5 Å². The van der Waals surface area contributed by atoms with Gasteiger partial charge in [0.05, 0.1) is 0 Å². The molecule has 4 nitrogen and oxygen atoms in total. The summed E-state index contributed by atoms with van der Waals surface area (Å²) in [5.41, 5.74) is 0. The molecule has 3 aliphatic rings. The van der Waals surface area contributed by atoms with Crippen molar-refractivity contribution in [3.63, 3.8) is 0 Å². The minimum atomic E-state index is -0.00542. The zero-order valence-electron chi connectivity index (χ0n) is 11.6. The van der Waals surface area contributed by atoms with Crippen molar-refractivity contribution in [2.24, 2.45) is 17.8 Å². The highest BCUT2D eigenvalue weighted by molar-refractivity contribution is 5.74. The van der Waals surface area contributed by atoms with Crippen LogP contribution in [0.5, 0.6) is 0 Å².